The first-order valence-corrected chi connectivity index (χ1v) is 13.4. The van der Waals surface area contributed by atoms with Gasteiger partial charge in [-0.3, -0.25) is 4.79 Å². The molecule has 180 valence electrons. The number of piperidine rings is 1. The molecule has 2 aromatic rings. The van der Waals surface area contributed by atoms with Crippen LogP contribution in [0.4, 0.5) is 5.69 Å². The second kappa shape index (κ2) is 10.5. The SMILES string of the molecule is O=c1c(Cl)c(NC[C@H]2CCCOC2)cnn1C1CCN(S(=O)(=O)c2ccc(Cl)c(Cl)c2)CC1. The number of anilines is 1. The molecule has 0 bridgehead atoms. The Balaban J connectivity index is 1.41. The highest BCUT2D eigenvalue weighted by Gasteiger charge is 2.31. The fraction of sp³-hybridized carbons (Fsp3) is 0.524. The molecule has 8 nitrogen and oxygen atoms in total. The van der Waals surface area contributed by atoms with Gasteiger partial charge in [0.15, 0.2) is 0 Å². The lowest BCUT2D eigenvalue weighted by Gasteiger charge is -2.31. The highest BCUT2D eigenvalue weighted by molar-refractivity contribution is 7.89. The number of rotatable bonds is 6. The largest absolute Gasteiger partial charge is 0.382 e. The van der Waals surface area contributed by atoms with Crippen LogP contribution in [-0.2, 0) is 14.8 Å². The van der Waals surface area contributed by atoms with Gasteiger partial charge in [-0.25, -0.2) is 13.1 Å². The van der Waals surface area contributed by atoms with Crippen LogP contribution in [0.1, 0.15) is 31.7 Å². The van der Waals surface area contributed by atoms with E-state index in [1.165, 1.54) is 27.2 Å². The van der Waals surface area contributed by atoms with Gasteiger partial charge in [0, 0.05) is 26.2 Å². The fourth-order valence-corrected chi connectivity index (χ4v) is 6.23. The number of benzene rings is 1. The van der Waals surface area contributed by atoms with Gasteiger partial charge >= 0.3 is 0 Å². The van der Waals surface area contributed by atoms with Crippen molar-refractivity contribution in [2.45, 2.75) is 36.6 Å². The summed E-state index contributed by atoms with van der Waals surface area (Å²) in [5.41, 5.74) is 0.121. The first-order valence-electron chi connectivity index (χ1n) is 10.8. The van der Waals surface area contributed by atoms with Crippen molar-refractivity contribution in [3.63, 3.8) is 0 Å². The summed E-state index contributed by atoms with van der Waals surface area (Å²) in [5, 5.41) is 8.10. The number of nitrogens with one attached hydrogen (secondary N) is 1. The molecule has 1 aromatic heterocycles. The molecule has 2 saturated heterocycles. The summed E-state index contributed by atoms with van der Waals surface area (Å²) in [5.74, 6) is 0.374. The summed E-state index contributed by atoms with van der Waals surface area (Å²) in [6, 6.07) is 4.01. The molecular weight excluding hydrogens is 511 g/mol. The van der Waals surface area contributed by atoms with Crippen LogP contribution in [0.5, 0.6) is 0 Å². The van der Waals surface area contributed by atoms with E-state index in [4.69, 9.17) is 39.5 Å². The van der Waals surface area contributed by atoms with Crippen LogP contribution in [0, 0.1) is 5.92 Å². The first kappa shape index (κ1) is 24.8. The smallest absolute Gasteiger partial charge is 0.287 e. The quantitative estimate of drug-likeness (QED) is 0.599. The van der Waals surface area contributed by atoms with Crippen molar-refractivity contribution in [2.75, 3.05) is 38.2 Å². The van der Waals surface area contributed by atoms with Crippen LogP contribution >= 0.6 is 34.8 Å². The Morgan fingerprint density at radius 1 is 1.12 bits per heavy atom. The Kier molecular flexibility index (Phi) is 7.87. The van der Waals surface area contributed by atoms with Gasteiger partial charge in [-0.2, -0.15) is 9.40 Å². The van der Waals surface area contributed by atoms with Gasteiger partial charge in [0.2, 0.25) is 10.0 Å². The summed E-state index contributed by atoms with van der Waals surface area (Å²) in [7, 11) is -3.71. The zero-order valence-corrected chi connectivity index (χ0v) is 20.9. The fourth-order valence-electron chi connectivity index (χ4n) is 4.16. The minimum absolute atomic E-state index is 0.0903. The van der Waals surface area contributed by atoms with E-state index in [1.54, 1.807) is 6.20 Å². The molecule has 0 unspecified atom stereocenters. The molecule has 2 aliphatic heterocycles. The number of aromatic nitrogens is 2. The number of halogens is 3. The Morgan fingerprint density at radius 2 is 1.88 bits per heavy atom. The average molecular weight is 536 g/mol. The molecular formula is C21H25Cl3N4O4S. The van der Waals surface area contributed by atoms with Crippen LogP contribution < -0.4 is 10.9 Å². The number of sulfonamides is 1. The Morgan fingerprint density at radius 3 is 2.55 bits per heavy atom. The third-order valence-corrected chi connectivity index (χ3v) is 9.08. The maximum atomic E-state index is 13.0. The lowest BCUT2D eigenvalue weighted by Crippen LogP contribution is -2.41. The van der Waals surface area contributed by atoms with Crippen molar-refractivity contribution in [3.8, 4) is 0 Å². The molecule has 0 aliphatic carbocycles. The molecule has 3 heterocycles. The van der Waals surface area contributed by atoms with Crippen molar-refractivity contribution in [3.05, 3.63) is 49.8 Å². The summed E-state index contributed by atoms with van der Waals surface area (Å²) in [4.78, 5) is 12.9. The van der Waals surface area contributed by atoms with Gasteiger partial charge in [0.1, 0.15) is 5.02 Å². The standard InChI is InChI=1S/C21H25Cl3N4O4S/c22-17-4-3-16(10-18(17)23)33(30,31)27-7-5-15(6-8-27)28-21(29)20(24)19(12-26-28)25-11-14-2-1-9-32-13-14/h3-4,10,12,14-15,25H,1-2,5-9,11,13H2/t14-/m1/s1. The summed E-state index contributed by atoms with van der Waals surface area (Å²) in [6.07, 6.45) is 4.54. The Labute approximate surface area is 207 Å². The van der Waals surface area contributed by atoms with Gasteiger partial charge in [0.05, 0.1) is 39.5 Å². The molecule has 12 heteroatoms. The Hall–Kier alpha value is -1.36. The van der Waals surface area contributed by atoms with E-state index >= 15 is 0 Å². The maximum Gasteiger partial charge on any atom is 0.287 e. The average Bonchev–Trinajstić information content (AvgIpc) is 2.82. The van der Waals surface area contributed by atoms with Gasteiger partial charge in [-0.1, -0.05) is 34.8 Å². The number of nitrogens with zero attached hydrogens (tertiary/aromatic N) is 3. The number of hydrogen-bond donors (Lipinski definition) is 1. The van der Waals surface area contributed by atoms with E-state index in [-0.39, 0.29) is 39.6 Å². The molecule has 1 aromatic carbocycles. The molecule has 1 atom stereocenters. The van der Waals surface area contributed by atoms with Gasteiger partial charge in [-0.05, 0) is 49.8 Å². The van der Waals surface area contributed by atoms with Crippen molar-refractivity contribution in [2.24, 2.45) is 5.92 Å². The summed E-state index contributed by atoms with van der Waals surface area (Å²) < 4.78 is 34.2. The number of hydrogen-bond acceptors (Lipinski definition) is 6. The minimum Gasteiger partial charge on any atom is -0.382 e. The van der Waals surface area contributed by atoms with Crippen molar-refractivity contribution in [1.82, 2.24) is 14.1 Å². The van der Waals surface area contributed by atoms with Crippen LogP contribution in [0.3, 0.4) is 0 Å². The molecule has 0 saturated carbocycles. The van der Waals surface area contributed by atoms with Crippen molar-refractivity contribution in [1.29, 1.82) is 0 Å². The molecule has 0 radical (unpaired) electrons. The zero-order valence-electron chi connectivity index (χ0n) is 17.8. The second-order valence-electron chi connectivity index (χ2n) is 8.30. The molecule has 1 N–H and O–H groups in total. The topological polar surface area (TPSA) is 93.5 Å². The normalized spacial score (nSPS) is 20.6. The molecule has 33 heavy (non-hydrogen) atoms. The predicted molar refractivity (Wildman–Crippen MR) is 129 cm³/mol. The predicted octanol–water partition coefficient (Wildman–Crippen LogP) is 4.07. The van der Waals surface area contributed by atoms with Crippen LogP contribution in [0.25, 0.3) is 0 Å². The summed E-state index contributed by atoms with van der Waals surface area (Å²) in [6.45, 7) is 2.65. The monoisotopic (exact) mass is 534 g/mol. The molecule has 2 aliphatic rings. The third kappa shape index (κ3) is 5.49. The van der Waals surface area contributed by atoms with E-state index in [9.17, 15) is 13.2 Å². The number of ether oxygens (including phenoxy) is 1. The van der Waals surface area contributed by atoms with E-state index in [1.807, 2.05) is 0 Å². The van der Waals surface area contributed by atoms with Gasteiger partial charge in [0.25, 0.3) is 5.56 Å². The summed E-state index contributed by atoms with van der Waals surface area (Å²) >= 11 is 18.2. The lowest BCUT2D eigenvalue weighted by molar-refractivity contribution is 0.0595. The first-order chi connectivity index (χ1) is 15.8. The van der Waals surface area contributed by atoms with Gasteiger partial charge < -0.3 is 10.1 Å². The highest BCUT2D eigenvalue weighted by Crippen LogP contribution is 2.30. The second-order valence-corrected chi connectivity index (χ2v) is 11.4. The van der Waals surface area contributed by atoms with E-state index < -0.39 is 10.0 Å². The molecule has 0 amide bonds. The van der Waals surface area contributed by atoms with Crippen LogP contribution in [0.2, 0.25) is 15.1 Å². The maximum absolute atomic E-state index is 13.0. The highest BCUT2D eigenvalue weighted by atomic mass is 35.5. The molecule has 2 fully saturated rings. The molecule has 4 rings (SSSR count). The minimum atomic E-state index is -3.71. The van der Waals surface area contributed by atoms with E-state index in [0.717, 1.165) is 19.4 Å². The zero-order chi connectivity index (χ0) is 23.6. The van der Waals surface area contributed by atoms with E-state index in [2.05, 4.69) is 10.4 Å². The van der Waals surface area contributed by atoms with E-state index in [0.29, 0.717) is 42.6 Å². The molecule has 0 spiro atoms. The van der Waals surface area contributed by atoms with Crippen LogP contribution in [0.15, 0.2) is 34.1 Å². The van der Waals surface area contributed by atoms with Crippen molar-refractivity contribution < 1.29 is 13.2 Å². The third-order valence-electron chi connectivity index (χ3n) is 6.08. The lowest BCUT2D eigenvalue weighted by atomic mass is 10.0. The van der Waals surface area contributed by atoms with Crippen molar-refractivity contribution >= 4 is 50.5 Å². The van der Waals surface area contributed by atoms with Crippen LogP contribution in [-0.4, -0.2) is 55.4 Å². The van der Waals surface area contributed by atoms with Gasteiger partial charge in [-0.15, -0.1) is 0 Å². The Bertz CT molecular complexity index is 1160.